The molecule has 0 aromatic carbocycles. The van der Waals surface area contributed by atoms with Crippen molar-refractivity contribution >= 4 is 28.4 Å². The standard InChI is InChI=1S/C7H2Cl2F3NO/c8-4-3(7(11)12)2(10)1-13-5(4)6(9)14/h1,7H. The van der Waals surface area contributed by atoms with E-state index < -0.39 is 33.8 Å². The Kier molecular flexibility index (Phi) is 3.34. The van der Waals surface area contributed by atoms with Crippen molar-refractivity contribution in [1.82, 2.24) is 4.98 Å². The number of carbonyl (C=O) groups is 1. The molecule has 0 aliphatic rings. The molecule has 0 aliphatic carbocycles. The summed E-state index contributed by atoms with van der Waals surface area (Å²) in [6, 6.07) is 0. The van der Waals surface area contributed by atoms with Gasteiger partial charge in [0.2, 0.25) is 0 Å². The summed E-state index contributed by atoms with van der Waals surface area (Å²) in [5.74, 6) is -1.27. The third-order valence-electron chi connectivity index (χ3n) is 1.41. The van der Waals surface area contributed by atoms with E-state index in [1.807, 2.05) is 0 Å². The van der Waals surface area contributed by atoms with Crippen LogP contribution in [0.15, 0.2) is 6.20 Å². The van der Waals surface area contributed by atoms with E-state index in [9.17, 15) is 18.0 Å². The Balaban J connectivity index is 3.41. The summed E-state index contributed by atoms with van der Waals surface area (Å²) >= 11 is 10.3. The van der Waals surface area contributed by atoms with Crippen LogP contribution in [0.25, 0.3) is 0 Å². The smallest absolute Gasteiger partial charge is 0.272 e. The highest BCUT2D eigenvalue weighted by Crippen LogP contribution is 2.31. The molecule has 0 atom stereocenters. The third-order valence-corrected chi connectivity index (χ3v) is 1.97. The van der Waals surface area contributed by atoms with Gasteiger partial charge in [-0.05, 0) is 11.6 Å². The second-order valence-corrected chi connectivity index (χ2v) is 2.98. The average molecular weight is 244 g/mol. The largest absolute Gasteiger partial charge is 0.274 e. The first-order valence-electron chi connectivity index (χ1n) is 3.27. The predicted octanol–water partition coefficient (Wildman–Crippen LogP) is 3.19. The lowest BCUT2D eigenvalue weighted by atomic mass is 10.2. The zero-order valence-corrected chi connectivity index (χ0v) is 7.91. The lowest BCUT2D eigenvalue weighted by molar-refractivity contribution is 0.107. The molecule has 7 heteroatoms. The Morgan fingerprint density at radius 2 is 2.07 bits per heavy atom. The summed E-state index contributed by atoms with van der Waals surface area (Å²) in [6.07, 6.45) is -2.65. The molecule has 14 heavy (non-hydrogen) atoms. The Bertz CT molecular complexity index is 383. The summed E-state index contributed by atoms with van der Waals surface area (Å²) in [5.41, 5.74) is -1.64. The van der Waals surface area contributed by atoms with Gasteiger partial charge in [-0.15, -0.1) is 0 Å². The predicted molar refractivity (Wildman–Crippen MR) is 44.3 cm³/mol. The normalized spacial score (nSPS) is 10.7. The van der Waals surface area contributed by atoms with Crippen LogP contribution in [0.3, 0.4) is 0 Å². The minimum absolute atomic E-state index is 0.475. The van der Waals surface area contributed by atoms with Crippen LogP contribution in [-0.2, 0) is 0 Å². The fourth-order valence-electron chi connectivity index (χ4n) is 0.817. The number of carbonyl (C=O) groups excluding carboxylic acids is 1. The van der Waals surface area contributed by atoms with E-state index in [2.05, 4.69) is 4.98 Å². The van der Waals surface area contributed by atoms with Crippen LogP contribution >= 0.6 is 23.2 Å². The molecule has 1 rings (SSSR count). The third kappa shape index (κ3) is 1.99. The number of hydrogen-bond donors (Lipinski definition) is 0. The van der Waals surface area contributed by atoms with Gasteiger partial charge in [-0.25, -0.2) is 18.2 Å². The van der Waals surface area contributed by atoms with Gasteiger partial charge >= 0.3 is 0 Å². The minimum Gasteiger partial charge on any atom is -0.274 e. The molecule has 1 aromatic rings. The van der Waals surface area contributed by atoms with Gasteiger partial charge in [0, 0.05) is 0 Å². The summed E-state index contributed by atoms with van der Waals surface area (Å²) < 4.78 is 37.2. The van der Waals surface area contributed by atoms with Crippen LogP contribution in [0.5, 0.6) is 0 Å². The molecule has 76 valence electrons. The number of hydrogen-bond acceptors (Lipinski definition) is 2. The van der Waals surface area contributed by atoms with Gasteiger partial charge in [0.05, 0.1) is 16.8 Å². The van der Waals surface area contributed by atoms with Gasteiger partial charge in [0.25, 0.3) is 11.7 Å². The number of nitrogens with zero attached hydrogens (tertiary/aromatic N) is 1. The molecule has 2 nitrogen and oxygen atoms in total. The van der Waals surface area contributed by atoms with Crippen molar-refractivity contribution in [3.63, 3.8) is 0 Å². The maximum absolute atomic E-state index is 12.8. The van der Waals surface area contributed by atoms with Crippen LogP contribution in [0, 0.1) is 5.82 Å². The minimum atomic E-state index is -3.12. The average Bonchev–Trinajstić information content (AvgIpc) is 2.02. The van der Waals surface area contributed by atoms with E-state index in [1.165, 1.54) is 0 Å². The molecule has 0 amide bonds. The Morgan fingerprint density at radius 1 is 1.50 bits per heavy atom. The van der Waals surface area contributed by atoms with Crippen LogP contribution in [0.2, 0.25) is 5.02 Å². The van der Waals surface area contributed by atoms with Crippen molar-refractivity contribution in [2.75, 3.05) is 0 Å². The molecule has 0 N–H and O–H groups in total. The van der Waals surface area contributed by atoms with E-state index in [0.717, 1.165) is 0 Å². The highest BCUT2D eigenvalue weighted by molar-refractivity contribution is 6.68. The van der Waals surface area contributed by atoms with Crippen LogP contribution in [0.1, 0.15) is 22.5 Å². The Labute approximate surface area is 86.6 Å². The topological polar surface area (TPSA) is 30.0 Å². The first kappa shape index (κ1) is 11.3. The number of rotatable bonds is 2. The number of alkyl halides is 2. The zero-order chi connectivity index (χ0) is 10.9. The number of pyridine rings is 1. The molecule has 1 aromatic heterocycles. The Hall–Kier alpha value is -0.810. The number of aromatic nitrogens is 1. The molecular formula is C7H2Cl2F3NO. The van der Waals surface area contributed by atoms with E-state index >= 15 is 0 Å². The van der Waals surface area contributed by atoms with Crippen molar-refractivity contribution in [3.05, 3.63) is 28.3 Å². The van der Waals surface area contributed by atoms with Gasteiger partial charge < -0.3 is 0 Å². The monoisotopic (exact) mass is 243 g/mol. The SMILES string of the molecule is O=C(Cl)c1ncc(F)c(C(F)F)c1Cl. The van der Waals surface area contributed by atoms with E-state index in [-0.39, 0.29) is 0 Å². The molecule has 1 heterocycles. The molecule has 0 aliphatic heterocycles. The van der Waals surface area contributed by atoms with Crippen molar-refractivity contribution < 1.29 is 18.0 Å². The molecule has 0 unspecified atom stereocenters. The number of halogens is 5. The first-order chi connectivity index (χ1) is 6.45. The fraction of sp³-hybridized carbons (Fsp3) is 0.143. The second kappa shape index (κ2) is 4.14. The molecule has 0 saturated heterocycles. The van der Waals surface area contributed by atoms with Gasteiger partial charge in [-0.3, -0.25) is 4.79 Å². The van der Waals surface area contributed by atoms with E-state index in [1.54, 1.807) is 0 Å². The van der Waals surface area contributed by atoms with Gasteiger partial charge in [-0.2, -0.15) is 0 Å². The van der Waals surface area contributed by atoms with Crippen LogP contribution in [0.4, 0.5) is 13.2 Å². The maximum Gasteiger partial charge on any atom is 0.272 e. The lowest BCUT2D eigenvalue weighted by Crippen LogP contribution is -2.02. The van der Waals surface area contributed by atoms with E-state index in [0.29, 0.717) is 6.20 Å². The summed E-state index contributed by atoms with van der Waals surface area (Å²) in [7, 11) is 0. The molecule has 0 spiro atoms. The molecular weight excluding hydrogens is 242 g/mol. The Morgan fingerprint density at radius 3 is 2.50 bits per heavy atom. The van der Waals surface area contributed by atoms with Crippen molar-refractivity contribution in [3.8, 4) is 0 Å². The van der Waals surface area contributed by atoms with Gasteiger partial charge in [0.15, 0.2) is 5.82 Å². The second-order valence-electron chi connectivity index (χ2n) is 2.26. The van der Waals surface area contributed by atoms with Crippen molar-refractivity contribution in [2.24, 2.45) is 0 Å². The highest BCUT2D eigenvalue weighted by atomic mass is 35.5. The molecule has 0 saturated carbocycles. The lowest BCUT2D eigenvalue weighted by Gasteiger charge is -2.05. The van der Waals surface area contributed by atoms with E-state index in [4.69, 9.17) is 23.2 Å². The summed E-state index contributed by atoms with van der Waals surface area (Å²) in [5, 5.41) is -1.86. The van der Waals surface area contributed by atoms with Crippen LogP contribution < -0.4 is 0 Å². The van der Waals surface area contributed by atoms with Crippen LogP contribution in [-0.4, -0.2) is 10.2 Å². The maximum atomic E-state index is 12.8. The molecule has 0 bridgehead atoms. The van der Waals surface area contributed by atoms with Gasteiger partial charge in [-0.1, -0.05) is 11.6 Å². The van der Waals surface area contributed by atoms with Gasteiger partial charge in [0.1, 0.15) is 5.69 Å². The van der Waals surface area contributed by atoms with Crippen molar-refractivity contribution in [2.45, 2.75) is 6.43 Å². The summed E-state index contributed by atoms with van der Waals surface area (Å²) in [6.45, 7) is 0. The highest BCUT2D eigenvalue weighted by Gasteiger charge is 2.23. The first-order valence-corrected chi connectivity index (χ1v) is 4.02. The quantitative estimate of drug-likeness (QED) is 0.747. The zero-order valence-electron chi connectivity index (χ0n) is 6.40. The molecule has 0 fully saturated rings. The van der Waals surface area contributed by atoms with Crippen molar-refractivity contribution in [1.29, 1.82) is 0 Å². The fourth-order valence-corrected chi connectivity index (χ4v) is 1.32. The summed E-state index contributed by atoms with van der Waals surface area (Å²) in [4.78, 5) is 13.8. The molecule has 0 radical (unpaired) electrons.